The Balaban J connectivity index is 2.40. The maximum Gasteiger partial charge on any atom is 0.136 e. The standard InChI is InChI=1S/C16H17FO4/c1-10(18)16-14(17)5-4-6-15(16)21-13-8-11(19-2)7-12(9-13)20-3/h4-10,18H,1-3H3/t10-/m0/s1. The van der Waals surface area contributed by atoms with Crippen molar-refractivity contribution in [1.29, 1.82) is 0 Å². The maximum atomic E-state index is 13.8. The van der Waals surface area contributed by atoms with Gasteiger partial charge in [0.2, 0.25) is 0 Å². The zero-order valence-corrected chi connectivity index (χ0v) is 12.1. The summed E-state index contributed by atoms with van der Waals surface area (Å²) in [5.41, 5.74) is 0.110. The molecule has 1 N–H and O–H groups in total. The summed E-state index contributed by atoms with van der Waals surface area (Å²) >= 11 is 0. The molecule has 0 bridgehead atoms. The average Bonchev–Trinajstić information content (AvgIpc) is 2.46. The zero-order valence-electron chi connectivity index (χ0n) is 12.1. The van der Waals surface area contributed by atoms with Gasteiger partial charge in [-0.1, -0.05) is 6.07 Å². The molecule has 5 heteroatoms. The molecule has 0 unspecified atom stereocenters. The van der Waals surface area contributed by atoms with Gasteiger partial charge in [-0.2, -0.15) is 0 Å². The van der Waals surface area contributed by atoms with Crippen LogP contribution in [0, 0.1) is 5.82 Å². The lowest BCUT2D eigenvalue weighted by Crippen LogP contribution is -2.00. The van der Waals surface area contributed by atoms with Gasteiger partial charge in [-0.05, 0) is 19.1 Å². The van der Waals surface area contributed by atoms with Crippen molar-refractivity contribution in [2.75, 3.05) is 14.2 Å². The summed E-state index contributed by atoms with van der Waals surface area (Å²) in [6, 6.07) is 9.40. The second kappa shape index (κ2) is 6.45. The van der Waals surface area contributed by atoms with Crippen LogP contribution in [0.2, 0.25) is 0 Å². The number of aliphatic hydroxyl groups is 1. The fourth-order valence-electron chi connectivity index (χ4n) is 1.98. The van der Waals surface area contributed by atoms with Gasteiger partial charge in [-0.25, -0.2) is 4.39 Å². The predicted octanol–water partition coefficient (Wildman–Crippen LogP) is 3.69. The Morgan fingerprint density at radius 2 is 1.57 bits per heavy atom. The van der Waals surface area contributed by atoms with Crippen LogP contribution in [-0.4, -0.2) is 19.3 Å². The molecule has 4 nitrogen and oxygen atoms in total. The zero-order chi connectivity index (χ0) is 15.4. The highest BCUT2D eigenvalue weighted by atomic mass is 19.1. The largest absolute Gasteiger partial charge is 0.496 e. The fourth-order valence-corrected chi connectivity index (χ4v) is 1.98. The number of rotatable bonds is 5. The van der Waals surface area contributed by atoms with Crippen LogP contribution >= 0.6 is 0 Å². The van der Waals surface area contributed by atoms with E-state index in [1.807, 2.05) is 0 Å². The van der Waals surface area contributed by atoms with E-state index in [0.29, 0.717) is 17.2 Å². The highest BCUT2D eigenvalue weighted by Gasteiger charge is 2.16. The Morgan fingerprint density at radius 1 is 1.00 bits per heavy atom. The lowest BCUT2D eigenvalue weighted by Gasteiger charge is -2.15. The molecule has 1 atom stereocenters. The first-order valence-electron chi connectivity index (χ1n) is 6.42. The summed E-state index contributed by atoms with van der Waals surface area (Å²) in [4.78, 5) is 0. The highest BCUT2D eigenvalue weighted by molar-refractivity contribution is 5.46. The number of hydrogen-bond acceptors (Lipinski definition) is 4. The molecule has 0 aromatic heterocycles. The number of methoxy groups -OCH3 is 2. The Morgan fingerprint density at radius 3 is 2.10 bits per heavy atom. The first kappa shape index (κ1) is 15.1. The van der Waals surface area contributed by atoms with Crippen LogP contribution < -0.4 is 14.2 Å². The van der Waals surface area contributed by atoms with E-state index < -0.39 is 11.9 Å². The van der Waals surface area contributed by atoms with E-state index in [1.165, 1.54) is 33.3 Å². The summed E-state index contributed by atoms with van der Waals surface area (Å²) in [6.45, 7) is 1.48. The molecule has 0 amide bonds. The summed E-state index contributed by atoms with van der Waals surface area (Å²) in [6.07, 6.45) is -0.978. The second-order valence-electron chi connectivity index (χ2n) is 4.48. The SMILES string of the molecule is COc1cc(OC)cc(Oc2cccc(F)c2[C@H](C)O)c1. The van der Waals surface area contributed by atoms with E-state index in [0.717, 1.165) is 0 Å². The van der Waals surface area contributed by atoms with Gasteiger partial charge in [0, 0.05) is 18.2 Å². The minimum atomic E-state index is -0.978. The molecule has 0 fully saturated rings. The molecule has 2 aromatic carbocycles. The highest BCUT2D eigenvalue weighted by Crippen LogP contribution is 2.35. The van der Waals surface area contributed by atoms with Crippen molar-refractivity contribution in [2.45, 2.75) is 13.0 Å². The van der Waals surface area contributed by atoms with Crippen LogP contribution in [0.15, 0.2) is 36.4 Å². The molecular weight excluding hydrogens is 275 g/mol. The Kier molecular flexibility index (Phi) is 4.65. The molecule has 0 aliphatic rings. The molecule has 2 rings (SSSR count). The Bertz CT molecular complexity index is 603. The van der Waals surface area contributed by atoms with E-state index in [9.17, 15) is 9.50 Å². The Hall–Kier alpha value is -2.27. The normalized spacial score (nSPS) is 11.9. The monoisotopic (exact) mass is 292 g/mol. The van der Waals surface area contributed by atoms with Gasteiger partial charge in [-0.15, -0.1) is 0 Å². The molecule has 112 valence electrons. The van der Waals surface area contributed by atoms with E-state index >= 15 is 0 Å². The van der Waals surface area contributed by atoms with Gasteiger partial charge in [0.1, 0.15) is 28.8 Å². The van der Waals surface area contributed by atoms with Crippen molar-refractivity contribution in [3.8, 4) is 23.0 Å². The van der Waals surface area contributed by atoms with Crippen molar-refractivity contribution in [3.05, 3.63) is 47.8 Å². The van der Waals surface area contributed by atoms with Crippen LogP contribution in [0.3, 0.4) is 0 Å². The summed E-state index contributed by atoms with van der Waals surface area (Å²) < 4.78 is 29.8. The molecule has 0 saturated carbocycles. The third-order valence-electron chi connectivity index (χ3n) is 2.98. The Labute approximate surface area is 122 Å². The van der Waals surface area contributed by atoms with Gasteiger partial charge >= 0.3 is 0 Å². The third-order valence-corrected chi connectivity index (χ3v) is 2.98. The number of aliphatic hydroxyl groups excluding tert-OH is 1. The number of ether oxygens (including phenoxy) is 3. The van der Waals surface area contributed by atoms with Gasteiger partial charge in [0.15, 0.2) is 0 Å². The van der Waals surface area contributed by atoms with Crippen LogP contribution in [0.4, 0.5) is 4.39 Å². The molecule has 0 saturated heterocycles. The second-order valence-corrected chi connectivity index (χ2v) is 4.48. The topological polar surface area (TPSA) is 47.9 Å². The van der Waals surface area contributed by atoms with Crippen molar-refractivity contribution >= 4 is 0 Å². The first-order valence-corrected chi connectivity index (χ1v) is 6.42. The lowest BCUT2D eigenvalue weighted by atomic mass is 10.1. The minimum absolute atomic E-state index is 0.110. The predicted molar refractivity (Wildman–Crippen MR) is 76.7 cm³/mol. The number of benzene rings is 2. The van der Waals surface area contributed by atoms with Gasteiger partial charge in [0.05, 0.1) is 25.9 Å². The molecule has 0 radical (unpaired) electrons. The van der Waals surface area contributed by atoms with Crippen molar-refractivity contribution in [3.63, 3.8) is 0 Å². The van der Waals surface area contributed by atoms with Crippen molar-refractivity contribution in [1.82, 2.24) is 0 Å². The van der Waals surface area contributed by atoms with Crippen molar-refractivity contribution < 1.29 is 23.7 Å². The van der Waals surface area contributed by atoms with E-state index in [4.69, 9.17) is 14.2 Å². The third kappa shape index (κ3) is 3.44. The lowest BCUT2D eigenvalue weighted by molar-refractivity contribution is 0.190. The maximum absolute atomic E-state index is 13.8. The van der Waals surface area contributed by atoms with E-state index in [2.05, 4.69) is 0 Å². The van der Waals surface area contributed by atoms with Gasteiger partial charge < -0.3 is 19.3 Å². The number of halogens is 1. The quantitative estimate of drug-likeness (QED) is 0.913. The molecule has 0 spiro atoms. The molecule has 21 heavy (non-hydrogen) atoms. The molecule has 0 aliphatic carbocycles. The smallest absolute Gasteiger partial charge is 0.136 e. The van der Waals surface area contributed by atoms with E-state index in [1.54, 1.807) is 24.3 Å². The molecular formula is C16H17FO4. The molecule has 0 heterocycles. The number of hydrogen-bond donors (Lipinski definition) is 1. The van der Waals surface area contributed by atoms with Crippen LogP contribution in [0.5, 0.6) is 23.0 Å². The van der Waals surface area contributed by atoms with E-state index in [-0.39, 0.29) is 11.3 Å². The molecule has 2 aromatic rings. The van der Waals surface area contributed by atoms with Gasteiger partial charge in [-0.3, -0.25) is 0 Å². The summed E-state index contributed by atoms with van der Waals surface area (Å²) in [5.74, 6) is 1.27. The average molecular weight is 292 g/mol. The van der Waals surface area contributed by atoms with Crippen LogP contribution in [0.25, 0.3) is 0 Å². The van der Waals surface area contributed by atoms with Gasteiger partial charge in [0.25, 0.3) is 0 Å². The first-order chi connectivity index (χ1) is 10.0. The minimum Gasteiger partial charge on any atom is -0.496 e. The van der Waals surface area contributed by atoms with Crippen LogP contribution in [-0.2, 0) is 0 Å². The van der Waals surface area contributed by atoms with Crippen molar-refractivity contribution in [2.24, 2.45) is 0 Å². The van der Waals surface area contributed by atoms with Crippen LogP contribution in [0.1, 0.15) is 18.6 Å². The fraction of sp³-hybridized carbons (Fsp3) is 0.250. The summed E-state index contributed by atoms with van der Waals surface area (Å²) in [5, 5.41) is 9.70. The molecule has 0 aliphatic heterocycles. The summed E-state index contributed by atoms with van der Waals surface area (Å²) in [7, 11) is 3.06.